The fourth-order valence-corrected chi connectivity index (χ4v) is 1.09. The fourth-order valence-electron chi connectivity index (χ4n) is 1.09. The topological polar surface area (TPSA) is 50.9 Å². The van der Waals surface area contributed by atoms with Gasteiger partial charge in [-0.3, -0.25) is 0 Å². The van der Waals surface area contributed by atoms with Gasteiger partial charge in [-0.1, -0.05) is 20.8 Å². The molecule has 84 valence electrons. The molecule has 1 heterocycles. The lowest BCUT2D eigenvalue weighted by atomic mass is 9.90. The van der Waals surface area contributed by atoms with E-state index in [4.69, 9.17) is 5.73 Å². The Morgan fingerprint density at radius 1 is 1.47 bits per heavy atom. The fraction of sp³-hybridized carbons (Fsp3) is 0.583. The van der Waals surface area contributed by atoms with E-state index in [1.165, 1.54) is 0 Å². The number of pyridine rings is 1. The van der Waals surface area contributed by atoms with Crippen LogP contribution in [0.25, 0.3) is 0 Å². The molecule has 3 N–H and O–H groups in total. The number of anilines is 2. The van der Waals surface area contributed by atoms with Gasteiger partial charge in [-0.05, 0) is 24.3 Å². The molecule has 0 aliphatic rings. The van der Waals surface area contributed by atoms with Crippen LogP contribution in [0.3, 0.4) is 0 Å². The van der Waals surface area contributed by atoms with Crippen molar-refractivity contribution in [3.63, 3.8) is 0 Å². The lowest BCUT2D eigenvalue weighted by Crippen LogP contribution is -2.22. The first-order valence-corrected chi connectivity index (χ1v) is 5.40. The summed E-state index contributed by atoms with van der Waals surface area (Å²) in [7, 11) is 0. The normalized spacial score (nSPS) is 11.5. The summed E-state index contributed by atoms with van der Waals surface area (Å²) in [6, 6.07) is 1.89. The molecule has 0 aliphatic heterocycles. The number of aryl methyl sites for hydroxylation is 1. The third kappa shape index (κ3) is 3.42. The van der Waals surface area contributed by atoms with Crippen molar-refractivity contribution in [2.45, 2.75) is 34.1 Å². The molecule has 0 aliphatic carbocycles. The van der Waals surface area contributed by atoms with Crippen molar-refractivity contribution in [1.82, 2.24) is 4.98 Å². The van der Waals surface area contributed by atoms with Crippen LogP contribution in [0.5, 0.6) is 0 Å². The molecule has 0 atom stereocenters. The number of rotatable bonds is 4. The molecule has 0 bridgehead atoms. The van der Waals surface area contributed by atoms with Crippen LogP contribution in [-0.2, 0) is 0 Å². The summed E-state index contributed by atoms with van der Waals surface area (Å²) in [4.78, 5) is 4.29. The van der Waals surface area contributed by atoms with Gasteiger partial charge in [0.1, 0.15) is 5.82 Å². The van der Waals surface area contributed by atoms with Gasteiger partial charge in [0.05, 0.1) is 0 Å². The molecule has 0 unspecified atom stereocenters. The van der Waals surface area contributed by atoms with Crippen LogP contribution >= 0.6 is 0 Å². The highest BCUT2D eigenvalue weighted by atomic mass is 15.0. The lowest BCUT2D eigenvalue weighted by molar-refractivity contribution is 0.376. The summed E-state index contributed by atoms with van der Waals surface area (Å²) in [5, 5.41) is 3.31. The second-order valence-corrected chi connectivity index (χ2v) is 4.80. The van der Waals surface area contributed by atoms with E-state index in [2.05, 4.69) is 31.1 Å². The Hall–Kier alpha value is -1.25. The second kappa shape index (κ2) is 4.51. The lowest BCUT2D eigenvalue weighted by Gasteiger charge is -2.23. The van der Waals surface area contributed by atoms with Crippen LogP contribution in [0.1, 0.15) is 32.8 Å². The average molecular weight is 207 g/mol. The minimum Gasteiger partial charge on any atom is -0.398 e. The van der Waals surface area contributed by atoms with E-state index in [1.807, 2.05) is 13.0 Å². The van der Waals surface area contributed by atoms with E-state index in [1.54, 1.807) is 6.20 Å². The van der Waals surface area contributed by atoms with E-state index in [0.717, 1.165) is 30.0 Å². The number of nitrogens with zero attached hydrogens (tertiary/aromatic N) is 1. The number of nitrogens with one attached hydrogen (secondary N) is 1. The van der Waals surface area contributed by atoms with Gasteiger partial charge in [-0.2, -0.15) is 0 Å². The molecule has 3 heteroatoms. The number of nitrogen functional groups attached to an aromatic ring is 1. The smallest absolute Gasteiger partial charge is 0.127 e. The summed E-state index contributed by atoms with van der Waals surface area (Å²) >= 11 is 0. The molecule has 1 aromatic heterocycles. The van der Waals surface area contributed by atoms with E-state index < -0.39 is 0 Å². The predicted octanol–water partition coefficient (Wildman–Crippen LogP) is 2.82. The molecular weight excluding hydrogens is 186 g/mol. The molecule has 0 saturated heterocycles. The Labute approximate surface area is 92.1 Å². The second-order valence-electron chi connectivity index (χ2n) is 4.80. The highest BCUT2D eigenvalue weighted by Crippen LogP contribution is 2.21. The van der Waals surface area contributed by atoms with Crippen molar-refractivity contribution in [2.75, 3.05) is 17.6 Å². The van der Waals surface area contributed by atoms with Gasteiger partial charge in [-0.25, -0.2) is 4.98 Å². The van der Waals surface area contributed by atoms with Crippen molar-refractivity contribution in [1.29, 1.82) is 0 Å². The molecule has 15 heavy (non-hydrogen) atoms. The molecule has 3 nitrogen and oxygen atoms in total. The highest BCUT2D eigenvalue weighted by Gasteiger charge is 2.14. The van der Waals surface area contributed by atoms with Gasteiger partial charge in [0.25, 0.3) is 0 Å². The van der Waals surface area contributed by atoms with Gasteiger partial charge in [0.15, 0.2) is 0 Å². The summed E-state index contributed by atoms with van der Waals surface area (Å²) in [6.07, 6.45) is 2.94. The van der Waals surface area contributed by atoms with Crippen LogP contribution in [-0.4, -0.2) is 11.5 Å². The molecule has 0 spiro atoms. The van der Waals surface area contributed by atoms with Crippen LogP contribution < -0.4 is 11.1 Å². The first-order chi connectivity index (χ1) is 6.94. The van der Waals surface area contributed by atoms with Gasteiger partial charge < -0.3 is 11.1 Å². The Kier molecular flexibility index (Phi) is 3.56. The van der Waals surface area contributed by atoms with Crippen molar-refractivity contribution in [3.05, 3.63) is 17.8 Å². The minimum absolute atomic E-state index is 0.293. The Balaban J connectivity index is 2.62. The maximum atomic E-state index is 5.81. The molecule has 1 rings (SSSR count). The first-order valence-electron chi connectivity index (χ1n) is 5.40. The van der Waals surface area contributed by atoms with E-state index >= 15 is 0 Å². The van der Waals surface area contributed by atoms with Crippen LogP contribution in [0.15, 0.2) is 12.3 Å². The summed E-state index contributed by atoms with van der Waals surface area (Å²) < 4.78 is 0. The van der Waals surface area contributed by atoms with Crippen LogP contribution in [0.2, 0.25) is 0 Å². The van der Waals surface area contributed by atoms with Gasteiger partial charge in [0, 0.05) is 24.5 Å². The van der Waals surface area contributed by atoms with Crippen molar-refractivity contribution in [3.8, 4) is 0 Å². The molecular formula is C12H21N3. The third-order valence-electron chi connectivity index (χ3n) is 2.85. The monoisotopic (exact) mass is 207 g/mol. The van der Waals surface area contributed by atoms with Crippen molar-refractivity contribution >= 4 is 11.5 Å². The molecule has 0 amide bonds. The predicted molar refractivity (Wildman–Crippen MR) is 65.9 cm³/mol. The van der Waals surface area contributed by atoms with Crippen molar-refractivity contribution < 1.29 is 0 Å². The quantitative estimate of drug-likeness (QED) is 0.798. The van der Waals surface area contributed by atoms with Crippen LogP contribution in [0.4, 0.5) is 11.5 Å². The van der Waals surface area contributed by atoms with E-state index in [-0.39, 0.29) is 0 Å². The minimum atomic E-state index is 0.293. The summed E-state index contributed by atoms with van der Waals surface area (Å²) in [5.74, 6) is 0.861. The van der Waals surface area contributed by atoms with E-state index in [0.29, 0.717) is 5.41 Å². The molecule has 0 radical (unpaired) electrons. The molecule has 0 saturated carbocycles. The van der Waals surface area contributed by atoms with E-state index in [9.17, 15) is 0 Å². The molecule has 0 fully saturated rings. The van der Waals surface area contributed by atoms with Crippen LogP contribution in [0, 0.1) is 12.3 Å². The zero-order valence-electron chi connectivity index (χ0n) is 10.1. The standard InChI is InChI=1S/C12H21N3/c1-5-12(3,4)8-15-11-6-10(13)9(2)7-14-11/h6-7H,5,8H2,1-4H3,(H3,13,14,15). The largest absolute Gasteiger partial charge is 0.398 e. The Bertz CT molecular complexity index is 332. The molecule has 0 aromatic carbocycles. The van der Waals surface area contributed by atoms with Gasteiger partial charge in [0.2, 0.25) is 0 Å². The maximum Gasteiger partial charge on any atom is 0.127 e. The summed E-state index contributed by atoms with van der Waals surface area (Å²) in [5.41, 5.74) is 7.92. The van der Waals surface area contributed by atoms with Gasteiger partial charge >= 0.3 is 0 Å². The average Bonchev–Trinajstić information content (AvgIpc) is 2.20. The number of aromatic nitrogens is 1. The first kappa shape index (κ1) is 11.8. The van der Waals surface area contributed by atoms with Gasteiger partial charge in [-0.15, -0.1) is 0 Å². The number of hydrogen-bond acceptors (Lipinski definition) is 3. The zero-order chi connectivity index (χ0) is 11.5. The Morgan fingerprint density at radius 3 is 2.67 bits per heavy atom. The molecule has 1 aromatic rings. The van der Waals surface area contributed by atoms with Crippen molar-refractivity contribution in [2.24, 2.45) is 5.41 Å². The number of nitrogens with two attached hydrogens (primary N) is 1. The SMILES string of the molecule is CCC(C)(C)CNc1cc(N)c(C)cn1. The zero-order valence-corrected chi connectivity index (χ0v) is 10.1. The number of hydrogen-bond donors (Lipinski definition) is 2. The maximum absolute atomic E-state index is 5.81. The third-order valence-corrected chi connectivity index (χ3v) is 2.85. The summed E-state index contributed by atoms with van der Waals surface area (Å²) in [6.45, 7) is 9.54. The Morgan fingerprint density at radius 2 is 2.13 bits per heavy atom. The highest BCUT2D eigenvalue weighted by molar-refractivity contribution is 5.53.